The summed E-state index contributed by atoms with van der Waals surface area (Å²) in [5.74, 6) is 1.28. The number of piperidine rings is 1. The molecule has 2 aliphatic rings. The van der Waals surface area contributed by atoms with Gasteiger partial charge in [0.05, 0.1) is 6.20 Å². The van der Waals surface area contributed by atoms with Gasteiger partial charge in [-0.05, 0) is 44.9 Å². The van der Waals surface area contributed by atoms with Gasteiger partial charge in [0.15, 0.2) is 0 Å². The van der Waals surface area contributed by atoms with E-state index in [1.165, 1.54) is 37.7 Å². The normalized spacial score (nSPS) is 19.5. The molecule has 0 radical (unpaired) electrons. The van der Waals surface area contributed by atoms with Crippen molar-refractivity contribution >= 4 is 11.7 Å². The molecule has 1 aliphatic heterocycles. The fourth-order valence-electron chi connectivity index (χ4n) is 3.62. The van der Waals surface area contributed by atoms with Gasteiger partial charge in [0.1, 0.15) is 5.82 Å². The lowest BCUT2D eigenvalue weighted by Crippen LogP contribution is -2.41. The molecule has 1 N–H and O–H groups in total. The van der Waals surface area contributed by atoms with Crippen molar-refractivity contribution in [1.82, 2.24) is 15.3 Å². The minimum Gasteiger partial charge on any atom is -0.356 e. The van der Waals surface area contributed by atoms with E-state index in [4.69, 9.17) is 0 Å². The first-order valence-electron chi connectivity index (χ1n) is 9.29. The molecule has 0 bridgehead atoms. The van der Waals surface area contributed by atoms with E-state index in [2.05, 4.69) is 26.3 Å². The first kappa shape index (κ1) is 16.9. The molecule has 1 aromatic rings. The van der Waals surface area contributed by atoms with Gasteiger partial charge >= 0.3 is 0 Å². The quantitative estimate of drug-likeness (QED) is 0.844. The van der Waals surface area contributed by atoms with E-state index < -0.39 is 0 Å². The monoisotopic (exact) mass is 328 g/mol. The highest BCUT2D eigenvalue weighted by Gasteiger charge is 2.25. The topological polar surface area (TPSA) is 58.1 Å². The van der Waals surface area contributed by atoms with Crippen LogP contribution >= 0.6 is 0 Å². The fraction of sp³-hybridized carbons (Fsp3) is 0.632. The highest BCUT2D eigenvalue weighted by Crippen LogP contribution is 2.22. The van der Waals surface area contributed by atoms with Gasteiger partial charge in [-0.25, -0.2) is 4.98 Å². The maximum Gasteiger partial charge on any atom is 0.223 e. The zero-order valence-corrected chi connectivity index (χ0v) is 14.4. The standard InChI is InChI=1S/C19H28N4O/c24-19(22-10-7-16-5-3-1-2-4-6-16)17-8-13-23(14-9-17)18-15-20-11-12-21-18/h5,11-12,15,17H,1-4,6-10,13-14H2,(H,22,24). The Kier molecular flexibility index (Phi) is 6.21. The number of rotatable bonds is 5. The van der Waals surface area contributed by atoms with Crippen molar-refractivity contribution in [1.29, 1.82) is 0 Å². The molecule has 1 aliphatic carbocycles. The predicted molar refractivity (Wildman–Crippen MR) is 95.8 cm³/mol. The molecule has 0 unspecified atom stereocenters. The first-order chi connectivity index (χ1) is 11.8. The van der Waals surface area contributed by atoms with Crippen LogP contribution < -0.4 is 10.2 Å². The second-order valence-electron chi connectivity index (χ2n) is 6.83. The second-order valence-corrected chi connectivity index (χ2v) is 6.83. The molecule has 5 nitrogen and oxygen atoms in total. The van der Waals surface area contributed by atoms with E-state index in [9.17, 15) is 4.79 Å². The average molecular weight is 328 g/mol. The van der Waals surface area contributed by atoms with Gasteiger partial charge in [0.2, 0.25) is 5.91 Å². The average Bonchev–Trinajstić information content (AvgIpc) is 2.91. The Bertz CT molecular complexity index is 550. The molecule has 5 heteroatoms. The maximum absolute atomic E-state index is 12.4. The van der Waals surface area contributed by atoms with Crippen LogP contribution in [0, 0.1) is 5.92 Å². The van der Waals surface area contributed by atoms with Crippen molar-refractivity contribution in [2.24, 2.45) is 5.92 Å². The van der Waals surface area contributed by atoms with Gasteiger partial charge < -0.3 is 10.2 Å². The SMILES string of the molecule is O=C(NCCC1=CCCCCC1)C1CCN(c2cnccn2)CC1. The summed E-state index contributed by atoms with van der Waals surface area (Å²) in [5.41, 5.74) is 1.53. The molecular formula is C19H28N4O. The summed E-state index contributed by atoms with van der Waals surface area (Å²) in [7, 11) is 0. The van der Waals surface area contributed by atoms with Crippen LogP contribution in [0.25, 0.3) is 0 Å². The fourth-order valence-corrected chi connectivity index (χ4v) is 3.62. The number of hydrogen-bond donors (Lipinski definition) is 1. The number of allylic oxidation sites excluding steroid dienone is 1. The Morgan fingerprint density at radius 1 is 1.21 bits per heavy atom. The summed E-state index contributed by atoms with van der Waals surface area (Å²) < 4.78 is 0. The molecule has 3 rings (SSSR count). The van der Waals surface area contributed by atoms with E-state index >= 15 is 0 Å². The van der Waals surface area contributed by atoms with Crippen molar-refractivity contribution in [3.63, 3.8) is 0 Å². The summed E-state index contributed by atoms with van der Waals surface area (Å²) in [6.45, 7) is 2.54. The molecule has 0 aromatic carbocycles. The molecule has 1 fully saturated rings. The number of nitrogens with zero attached hydrogens (tertiary/aromatic N) is 3. The van der Waals surface area contributed by atoms with E-state index in [-0.39, 0.29) is 11.8 Å². The largest absolute Gasteiger partial charge is 0.356 e. The summed E-state index contributed by atoms with van der Waals surface area (Å²) >= 11 is 0. The van der Waals surface area contributed by atoms with Crippen molar-refractivity contribution in [3.05, 3.63) is 30.2 Å². The van der Waals surface area contributed by atoms with E-state index in [0.29, 0.717) is 0 Å². The Balaban J connectivity index is 1.38. The van der Waals surface area contributed by atoms with Crippen LogP contribution in [0.5, 0.6) is 0 Å². The third-order valence-electron chi connectivity index (χ3n) is 5.12. The van der Waals surface area contributed by atoms with E-state index in [1.807, 2.05) is 0 Å². The number of anilines is 1. The smallest absolute Gasteiger partial charge is 0.223 e. The van der Waals surface area contributed by atoms with Crippen molar-refractivity contribution in [3.8, 4) is 0 Å². The third-order valence-corrected chi connectivity index (χ3v) is 5.12. The second kappa shape index (κ2) is 8.81. The van der Waals surface area contributed by atoms with Gasteiger partial charge in [-0.3, -0.25) is 9.78 Å². The van der Waals surface area contributed by atoms with Crippen LogP contribution in [0.3, 0.4) is 0 Å². The Morgan fingerprint density at radius 2 is 2.08 bits per heavy atom. The highest BCUT2D eigenvalue weighted by molar-refractivity contribution is 5.78. The number of carbonyl (C=O) groups excluding carboxylic acids is 1. The molecule has 0 atom stereocenters. The Hall–Kier alpha value is -1.91. The summed E-state index contributed by atoms with van der Waals surface area (Å²) in [4.78, 5) is 23.0. The molecule has 1 aromatic heterocycles. The van der Waals surface area contributed by atoms with Crippen LogP contribution in [-0.4, -0.2) is 35.5 Å². The maximum atomic E-state index is 12.4. The molecule has 0 saturated carbocycles. The molecule has 24 heavy (non-hydrogen) atoms. The number of aromatic nitrogens is 2. The van der Waals surface area contributed by atoms with Crippen molar-refractivity contribution in [2.45, 2.75) is 51.4 Å². The van der Waals surface area contributed by atoms with E-state index in [0.717, 1.165) is 44.7 Å². The van der Waals surface area contributed by atoms with Crippen LogP contribution in [-0.2, 0) is 4.79 Å². The van der Waals surface area contributed by atoms with Crippen LogP contribution in [0.4, 0.5) is 5.82 Å². The van der Waals surface area contributed by atoms with Crippen LogP contribution in [0.1, 0.15) is 51.4 Å². The Labute approximate surface area is 144 Å². The lowest BCUT2D eigenvalue weighted by Gasteiger charge is -2.31. The first-order valence-corrected chi connectivity index (χ1v) is 9.29. The molecule has 1 amide bonds. The van der Waals surface area contributed by atoms with Gasteiger partial charge in [-0.2, -0.15) is 0 Å². The van der Waals surface area contributed by atoms with Crippen LogP contribution in [0.15, 0.2) is 30.2 Å². The van der Waals surface area contributed by atoms with Gasteiger partial charge in [0.25, 0.3) is 0 Å². The third kappa shape index (κ3) is 4.79. The molecule has 130 valence electrons. The summed E-state index contributed by atoms with van der Waals surface area (Å²) in [6, 6.07) is 0. The molecule has 2 heterocycles. The molecular weight excluding hydrogens is 300 g/mol. The number of carbonyl (C=O) groups is 1. The van der Waals surface area contributed by atoms with Crippen LogP contribution in [0.2, 0.25) is 0 Å². The minimum atomic E-state index is 0.140. The number of amides is 1. The van der Waals surface area contributed by atoms with Gasteiger partial charge in [-0.1, -0.05) is 18.1 Å². The Morgan fingerprint density at radius 3 is 2.88 bits per heavy atom. The minimum absolute atomic E-state index is 0.140. The number of nitrogens with one attached hydrogen (secondary N) is 1. The summed E-state index contributed by atoms with van der Waals surface area (Å²) in [6.07, 6.45) is 16.8. The van der Waals surface area contributed by atoms with E-state index in [1.54, 1.807) is 18.6 Å². The van der Waals surface area contributed by atoms with Crippen molar-refractivity contribution < 1.29 is 4.79 Å². The lowest BCUT2D eigenvalue weighted by molar-refractivity contribution is -0.125. The summed E-state index contributed by atoms with van der Waals surface area (Å²) in [5, 5.41) is 3.15. The van der Waals surface area contributed by atoms with Crippen molar-refractivity contribution in [2.75, 3.05) is 24.5 Å². The highest BCUT2D eigenvalue weighted by atomic mass is 16.1. The zero-order valence-electron chi connectivity index (χ0n) is 14.4. The molecule has 0 spiro atoms. The predicted octanol–water partition coefficient (Wildman–Crippen LogP) is 3.09. The van der Waals surface area contributed by atoms with Gasteiger partial charge in [-0.15, -0.1) is 0 Å². The molecule has 1 saturated heterocycles. The lowest BCUT2D eigenvalue weighted by atomic mass is 9.96. The van der Waals surface area contributed by atoms with Gasteiger partial charge in [0, 0.05) is 37.9 Å². The zero-order chi connectivity index (χ0) is 16.6. The number of hydrogen-bond acceptors (Lipinski definition) is 4.